The predicted octanol–water partition coefficient (Wildman–Crippen LogP) is 3.37. The quantitative estimate of drug-likeness (QED) is 0.790. The van der Waals surface area contributed by atoms with Crippen molar-refractivity contribution in [2.75, 3.05) is 32.7 Å². The highest BCUT2D eigenvalue weighted by Crippen LogP contribution is 2.42. The van der Waals surface area contributed by atoms with Crippen LogP contribution < -0.4 is 5.32 Å². The molecule has 0 spiro atoms. The Bertz CT molecular complexity index is 823. The standard InChI is InChI=1S/C22H27N3O2S/c1-2-24-12-14-25(15-13-24)22(27)19-21(20(26)16-8-4-3-5-9-16)28-18-11-7-6-10-17(18)23-19/h3-5,8-9,23H,2,6-7,10-15H2,1H3. The van der Waals surface area contributed by atoms with Crippen LogP contribution in [0.25, 0.3) is 0 Å². The normalized spacial score (nSPS) is 20.7. The largest absolute Gasteiger partial charge is 0.353 e. The summed E-state index contributed by atoms with van der Waals surface area (Å²) in [7, 11) is 0. The van der Waals surface area contributed by atoms with E-state index in [-0.39, 0.29) is 11.7 Å². The minimum Gasteiger partial charge on any atom is -0.353 e. The number of ketones is 1. The molecule has 1 aliphatic carbocycles. The molecule has 0 atom stereocenters. The van der Waals surface area contributed by atoms with E-state index < -0.39 is 0 Å². The number of carbonyl (C=O) groups is 2. The Labute approximate surface area is 170 Å². The second-order valence-corrected chi connectivity index (χ2v) is 8.57. The summed E-state index contributed by atoms with van der Waals surface area (Å²) in [5.41, 5.74) is 2.24. The summed E-state index contributed by atoms with van der Waals surface area (Å²) in [5.74, 6) is -0.106. The fraction of sp³-hybridized carbons (Fsp3) is 0.455. The number of allylic oxidation sites excluding steroid dienone is 3. The van der Waals surface area contributed by atoms with Crippen LogP contribution in [0.5, 0.6) is 0 Å². The number of hydrogen-bond donors (Lipinski definition) is 1. The average Bonchev–Trinajstić information content (AvgIpc) is 2.78. The molecular formula is C22H27N3O2S. The first-order chi connectivity index (χ1) is 13.7. The Hall–Kier alpha value is -2.05. The summed E-state index contributed by atoms with van der Waals surface area (Å²) in [4.78, 5) is 32.6. The molecule has 3 aliphatic rings. The third kappa shape index (κ3) is 3.89. The molecule has 1 saturated heterocycles. The molecule has 1 aromatic carbocycles. The minimum atomic E-state index is -0.0641. The van der Waals surface area contributed by atoms with Crippen LogP contribution in [0.3, 0.4) is 0 Å². The van der Waals surface area contributed by atoms with Crippen molar-refractivity contribution in [2.24, 2.45) is 0 Å². The van der Waals surface area contributed by atoms with Gasteiger partial charge in [0.25, 0.3) is 5.91 Å². The van der Waals surface area contributed by atoms with Crippen LogP contribution >= 0.6 is 11.8 Å². The number of rotatable bonds is 4. The zero-order valence-corrected chi connectivity index (χ0v) is 17.2. The van der Waals surface area contributed by atoms with Crippen molar-refractivity contribution in [1.82, 2.24) is 15.1 Å². The molecule has 0 bridgehead atoms. The van der Waals surface area contributed by atoms with E-state index in [1.165, 1.54) is 16.7 Å². The highest BCUT2D eigenvalue weighted by molar-refractivity contribution is 8.07. The lowest BCUT2D eigenvalue weighted by molar-refractivity contribution is -0.129. The average molecular weight is 398 g/mol. The Kier molecular flexibility index (Phi) is 5.87. The Balaban J connectivity index is 1.63. The fourth-order valence-electron chi connectivity index (χ4n) is 3.96. The van der Waals surface area contributed by atoms with Crippen molar-refractivity contribution in [2.45, 2.75) is 32.6 Å². The lowest BCUT2D eigenvalue weighted by atomic mass is 10.0. The third-order valence-corrected chi connectivity index (χ3v) is 7.00. The van der Waals surface area contributed by atoms with Crippen molar-refractivity contribution >= 4 is 23.5 Å². The minimum absolute atomic E-state index is 0.0420. The molecule has 6 heteroatoms. The van der Waals surface area contributed by atoms with Gasteiger partial charge in [0.05, 0.1) is 4.91 Å². The molecule has 2 aliphatic heterocycles. The predicted molar refractivity (Wildman–Crippen MR) is 113 cm³/mol. The molecule has 148 valence electrons. The molecule has 0 aromatic heterocycles. The monoisotopic (exact) mass is 397 g/mol. The van der Waals surface area contributed by atoms with Gasteiger partial charge in [0.2, 0.25) is 5.78 Å². The lowest BCUT2D eigenvalue weighted by Gasteiger charge is -2.36. The van der Waals surface area contributed by atoms with E-state index in [0.717, 1.165) is 51.0 Å². The second kappa shape index (κ2) is 8.53. The van der Waals surface area contributed by atoms with Gasteiger partial charge >= 0.3 is 0 Å². The summed E-state index contributed by atoms with van der Waals surface area (Å²) in [6.07, 6.45) is 4.21. The SMILES string of the molecule is CCN1CCN(C(=O)C2=C(C(=O)c3ccccc3)SC3=C(CCCC3)N2)CC1. The van der Waals surface area contributed by atoms with E-state index in [1.54, 1.807) is 0 Å². The van der Waals surface area contributed by atoms with Gasteiger partial charge in [-0.25, -0.2) is 0 Å². The van der Waals surface area contributed by atoms with Gasteiger partial charge in [-0.15, -0.1) is 0 Å². The summed E-state index contributed by atoms with van der Waals surface area (Å²) >= 11 is 1.51. The second-order valence-electron chi connectivity index (χ2n) is 7.46. The Morgan fingerprint density at radius 1 is 1.04 bits per heavy atom. The maximum absolute atomic E-state index is 13.4. The van der Waals surface area contributed by atoms with E-state index >= 15 is 0 Å². The van der Waals surface area contributed by atoms with E-state index in [2.05, 4.69) is 17.1 Å². The number of nitrogens with zero attached hydrogens (tertiary/aromatic N) is 2. The molecule has 4 rings (SSSR count). The lowest BCUT2D eigenvalue weighted by Crippen LogP contribution is -2.50. The number of piperazine rings is 1. The zero-order valence-electron chi connectivity index (χ0n) is 16.4. The van der Waals surface area contributed by atoms with E-state index in [9.17, 15) is 9.59 Å². The summed E-state index contributed by atoms with van der Waals surface area (Å²) < 4.78 is 0. The van der Waals surface area contributed by atoms with E-state index in [0.29, 0.717) is 29.3 Å². The molecule has 1 amide bonds. The van der Waals surface area contributed by atoms with Crippen LogP contribution in [0.4, 0.5) is 0 Å². The number of likely N-dealkylation sites (N-methyl/N-ethyl adjacent to an activating group) is 1. The van der Waals surface area contributed by atoms with Crippen molar-refractivity contribution in [1.29, 1.82) is 0 Å². The third-order valence-electron chi connectivity index (χ3n) is 5.71. The maximum atomic E-state index is 13.4. The molecule has 1 fully saturated rings. The summed E-state index contributed by atoms with van der Waals surface area (Å²) in [5, 5.41) is 3.39. The Morgan fingerprint density at radius 2 is 1.75 bits per heavy atom. The molecule has 5 nitrogen and oxygen atoms in total. The highest BCUT2D eigenvalue weighted by atomic mass is 32.2. The number of Topliss-reactive ketones (excluding diaryl/α,β-unsaturated/α-hetero) is 1. The van der Waals surface area contributed by atoms with Gasteiger partial charge in [-0.05, 0) is 32.2 Å². The molecule has 0 radical (unpaired) electrons. The van der Waals surface area contributed by atoms with Crippen molar-refractivity contribution in [3.8, 4) is 0 Å². The van der Waals surface area contributed by atoms with Gasteiger partial charge in [-0.2, -0.15) is 0 Å². The molecule has 1 aromatic rings. The molecule has 1 N–H and O–H groups in total. The van der Waals surface area contributed by atoms with Crippen LogP contribution in [-0.2, 0) is 4.79 Å². The number of carbonyl (C=O) groups excluding carboxylic acids is 2. The number of nitrogens with one attached hydrogen (secondary N) is 1. The van der Waals surface area contributed by atoms with Crippen molar-refractivity contribution in [3.63, 3.8) is 0 Å². The number of thioether (sulfide) groups is 1. The first kappa shape index (κ1) is 19.3. The van der Waals surface area contributed by atoms with Gasteiger partial charge in [-0.1, -0.05) is 49.0 Å². The van der Waals surface area contributed by atoms with Crippen LogP contribution in [0.1, 0.15) is 43.0 Å². The summed E-state index contributed by atoms with van der Waals surface area (Å²) in [6.45, 7) is 6.35. The maximum Gasteiger partial charge on any atom is 0.271 e. The zero-order chi connectivity index (χ0) is 19.5. The smallest absolute Gasteiger partial charge is 0.271 e. The van der Waals surface area contributed by atoms with Gasteiger partial charge in [-0.3, -0.25) is 9.59 Å². The highest BCUT2D eigenvalue weighted by Gasteiger charge is 2.33. The number of hydrogen-bond acceptors (Lipinski definition) is 5. The molecule has 0 unspecified atom stereocenters. The molecular weight excluding hydrogens is 370 g/mol. The topological polar surface area (TPSA) is 52.7 Å². The number of amides is 1. The van der Waals surface area contributed by atoms with Crippen LogP contribution in [0, 0.1) is 0 Å². The summed E-state index contributed by atoms with van der Waals surface area (Å²) in [6, 6.07) is 9.28. The Morgan fingerprint density at radius 3 is 2.46 bits per heavy atom. The van der Waals surface area contributed by atoms with E-state index in [1.807, 2.05) is 35.2 Å². The van der Waals surface area contributed by atoms with Crippen LogP contribution in [0.15, 0.2) is 51.5 Å². The van der Waals surface area contributed by atoms with Gasteiger partial charge in [0, 0.05) is 42.3 Å². The van der Waals surface area contributed by atoms with Crippen molar-refractivity contribution < 1.29 is 9.59 Å². The first-order valence-electron chi connectivity index (χ1n) is 10.2. The number of benzene rings is 1. The van der Waals surface area contributed by atoms with Crippen molar-refractivity contribution in [3.05, 3.63) is 57.1 Å². The van der Waals surface area contributed by atoms with Gasteiger partial charge in [0.1, 0.15) is 5.70 Å². The molecule has 28 heavy (non-hydrogen) atoms. The van der Waals surface area contributed by atoms with Gasteiger partial charge in [0.15, 0.2) is 0 Å². The molecule has 2 heterocycles. The van der Waals surface area contributed by atoms with E-state index in [4.69, 9.17) is 0 Å². The van der Waals surface area contributed by atoms with Crippen LogP contribution in [-0.4, -0.2) is 54.2 Å². The molecule has 0 saturated carbocycles. The fourth-order valence-corrected chi connectivity index (χ4v) is 5.18. The van der Waals surface area contributed by atoms with Gasteiger partial charge < -0.3 is 15.1 Å². The van der Waals surface area contributed by atoms with Crippen LogP contribution in [0.2, 0.25) is 0 Å². The first-order valence-corrected chi connectivity index (χ1v) is 11.0.